The van der Waals surface area contributed by atoms with E-state index in [1.165, 1.54) is 19.6 Å². The van der Waals surface area contributed by atoms with Crippen molar-refractivity contribution >= 4 is 29.1 Å². The number of carbonyl (C=O) groups excluding carboxylic acids is 2. The molecule has 0 aliphatic heterocycles. The van der Waals surface area contributed by atoms with Gasteiger partial charge in [-0.15, -0.1) is 10.2 Å². The van der Waals surface area contributed by atoms with Crippen LogP contribution in [0.4, 0.5) is 5.69 Å². The van der Waals surface area contributed by atoms with E-state index < -0.39 is 0 Å². The zero-order valence-electron chi connectivity index (χ0n) is 17.9. The molecule has 4 aromatic rings. The van der Waals surface area contributed by atoms with Gasteiger partial charge in [0.25, 0.3) is 0 Å². The number of amides is 1. The number of ketones is 1. The van der Waals surface area contributed by atoms with E-state index in [-0.39, 0.29) is 17.4 Å². The van der Waals surface area contributed by atoms with Crippen molar-refractivity contribution in [3.8, 4) is 28.7 Å². The van der Waals surface area contributed by atoms with Crippen LogP contribution in [0.25, 0.3) is 22.9 Å². The van der Waals surface area contributed by atoms with E-state index in [1.54, 1.807) is 49.4 Å². The summed E-state index contributed by atoms with van der Waals surface area (Å²) < 4.78 is 16.2. The van der Waals surface area contributed by atoms with Crippen molar-refractivity contribution in [1.29, 1.82) is 0 Å². The Morgan fingerprint density at radius 2 is 1.76 bits per heavy atom. The molecule has 1 N–H and O–H groups in total. The third-order valence-electron chi connectivity index (χ3n) is 4.63. The predicted octanol–water partition coefficient (Wildman–Crippen LogP) is 4.72. The molecule has 0 saturated carbocycles. The van der Waals surface area contributed by atoms with Crippen molar-refractivity contribution in [2.75, 3.05) is 18.2 Å². The Hall–Kier alpha value is -3.92. The minimum atomic E-state index is -0.172. The van der Waals surface area contributed by atoms with Crippen molar-refractivity contribution in [2.24, 2.45) is 0 Å². The predicted molar refractivity (Wildman–Crippen MR) is 122 cm³/mol. The molecule has 33 heavy (non-hydrogen) atoms. The quantitative estimate of drug-likeness (QED) is 0.277. The number of rotatable bonds is 9. The average molecular weight is 465 g/mol. The third kappa shape index (κ3) is 5.12. The van der Waals surface area contributed by atoms with Gasteiger partial charge in [-0.25, -0.2) is 4.98 Å². The van der Waals surface area contributed by atoms with Crippen LogP contribution in [-0.2, 0) is 4.79 Å². The molecule has 10 heteroatoms. The second kappa shape index (κ2) is 10.1. The zero-order valence-corrected chi connectivity index (χ0v) is 18.7. The number of benzene rings is 1. The molecule has 1 amide bonds. The third-order valence-corrected chi connectivity index (χ3v) is 5.46. The molecule has 4 rings (SSSR count). The van der Waals surface area contributed by atoms with Gasteiger partial charge in [0.15, 0.2) is 23.0 Å². The van der Waals surface area contributed by atoms with E-state index in [9.17, 15) is 9.59 Å². The number of thioether (sulfide) groups is 1. The minimum Gasteiger partial charge on any atom is -0.495 e. The molecule has 168 valence electrons. The number of nitrogens with one attached hydrogen (secondary N) is 1. The van der Waals surface area contributed by atoms with Crippen LogP contribution in [-0.4, -0.2) is 39.7 Å². The molecule has 0 aliphatic rings. The summed E-state index contributed by atoms with van der Waals surface area (Å²) in [6.07, 6.45) is 3.39. The smallest absolute Gasteiger partial charge is 0.224 e. The summed E-state index contributed by atoms with van der Waals surface area (Å²) in [6.45, 7) is 1.75. The number of anilines is 1. The topological polar surface area (TPSA) is 120 Å². The van der Waals surface area contributed by atoms with Crippen molar-refractivity contribution in [3.63, 3.8) is 0 Å². The number of nitrogens with zero attached hydrogens (tertiary/aromatic N) is 3. The highest BCUT2D eigenvalue weighted by Gasteiger charge is 2.19. The lowest BCUT2D eigenvalue weighted by Gasteiger charge is -2.11. The Bertz CT molecular complexity index is 1260. The number of furan rings is 2. The summed E-state index contributed by atoms with van der Waals surface area (Å²) in [5.41, 5.74) is 1.79. The van der Waals surface area contributed by atoms with Gasteiger partial charge in [-0.1, -0.05) is 18.7 Å². The molecule has 1 aromatic carbocycles. The SMILES string of the molecule is CCC(=O)Nc1cc(C(=O)CSc2nnc(-c3ccco3)c(-c3ccco3)n2)ccc1OC. The second-order valence-electron chi connectivity index (χ2n) is 6.77. The van der Waals surface area contributed by atoms with E-state index in [2.05, 4.69) is 20.5 Å². The van der Waals surface area contributed by atoms with Gasteiger partial charge in [-0.05, 0) is 42.5 Å². The van der Waals surface area contributed by atoms with Crippen molar-refractivity contribution in [1.82, 2.24) is 15.2 Å². The highest BCUT2D eigenvalue weighted by atomic mass is 32.2. The van der Waals surface area contributed by atoms with E-state index in [4.69, 9.17) is 13.6 Å². The van der Waals surface area contributed by atoms with Crippen molar-refractivity contribution < 1.29 is 23.2 Å². The number of methoxy groups -OCH3 is 1. The summed E-state index contributed by atoms with van der Waals surface area (Å²) in [5.74, 6) is 1.24. The molecule has 0 radical (unpaired) electrons. The highest BCUT2D eigenvalue weighted by Crippen LogP contribution is 2.31. The van der Waals surface area contributed by atoms with E-state index in [0.29, 0.717) is 51.5 Å². The van der Waals surface area contributed by atoms with Crippen LogP contribution in [0.2, 0.25) is 0 Å². The van der Waals surface area contributed by atoms with Gasteiger partial charge in [0.2, 0.25) is 11.1 Å². The first kappa shape index (κ1) is 22.3. The van der Waals surface area contributed by atoms with Gasteiger partial charge >= 0.3 is 0 Å². The number of hydrogen-bond acceptors (Lipinski definition) is 9. The molecule has 3 aromatic heterocycles. The first-order valence-electron chi connectivity index (χ1n) is 10.1. The van der Waals surface area contributed by atoms with Crippen LogP contribution in [0.1, 0.15) is 23.7 Å². The lowest BCUT2D eigenvalue weighted by molar-refractivity contribution is -0.115. The van der Waals surface area contributed by atoms with Crippen LogP contribution >= 0.6 is 11.8 Å². The van der Waals surface area contributed by atoms with Gasteiger partial charge in [-0.3, -0.25) is 9.59 Å². The standard InChI is InChI=1S/C23H20N4O5S/c1-3-20(29)24-15-12-14(8-9-17(15)30-2)16(28)13-33-23-25-21(18-6-4-10-31-18)22(26-27-23)19-7-5-11-32-19/h4-12H,3,13H2,1-2H3,(H,24,29). The fourth-order valence-electron chi connectivity index (χ4n) is 2.97. The maximum absolute atomic E-state index is 12.8. The molecule has 0 fully saturated rings. The fraction of sp³-hybridized carbons (Fsp3) is 0.174. The highest BCUT2D eigenvalue weighted by molar-refractivity contribution is 7.99. The van der Waals surface area contributed by atoms with E-state index in [1.807, 2.05) is 0 Å². The van der Waals surface area contributed by atoms with Crippen LogP contribution in [0, 0.1) is 0 Å². The van der Waals surface area contributed by atoms with Crippen LogP contribution in [0.5, 0.6) is 5.75 Å². The van der Waals surface area contributed by atoms with Crippen LogP contribution in [0.3, 0.4) is 0 Å². The number of carbonyl (C=O) groups is 2. The van der Waals surface area contributed by atoms with Gasteiger partial charge in [0.1, 0.15) is 11.4 Å². The van der Waals surface area contributed by atoms with Gasteiger partial charge < -0.3 is 18.9 Å². The monoisotopic (exact) mass is 464 g/mol. The normalized spacial score (nSPS) is 10.7. The van der Waals surface area contributed by atoms with Gasteiger partial charge in [0, 0.05) is 12.0 Å². The Kier molecular flexibility index (Phi) is 6.84. The lowest BCUT2D eigenvalue weighted by atomic mass is 10.1. The van der Waals surface area contributed by atoms with E-state index in [0.717, 1.165) is 11.8 Å². The molecule has 0 aliphatic carbocycles. The van der Waals surface area contributed by atoms with Gasteiger partial charge in [-0.2, -0.15) is 0 Å². The molecule has 3 heterocycles. The minimum absolute atomic E-state index is 0.0763. The Morgan fingerprint density at radius 1 is 1.03 bits per heavy atom. The summed E-state index contributed by atoms with van der Waals surface area (Å²) in [4.78, 5) is 29.1. The average Bonchev–Trinajstić information content (AvgIpc) is 3.57. The van der Waals surface area contributed by atoms with E-state index >= 15 is 0 Å². The Balaban J connectivity index is 1.53. The number of aromatic nitrogens is 3. The largest absolute Gasteiger partial charge is 0.495 e. The molecular weight excluding hydrogens is 444 g/mol. The molecule has 0 bridgehead atoms. The number of ether oxygens (including phenoxy) is 1. The molecule has 0 atom stereocenters. The lowest BCUT2D eigenvalue weighted by Crippen LogP contribution is -2.12. The zero-order chi connectivity index (χ0) is 23.2. The van der Waals surface area contributed by atoms with Gasteiger partial charge in [0.05, 0.1) is 31.1 Å². The molecular formula is C23H20N4O5S. The second-order valence-corrected chi connectivity index (χ2v) is 7.72. The maximum atomic E-state index is 12.8. The van der Waals surface area contributed by atoms with Crippen molar-refractivity contribution in [2.45, 2.75) is 18.5 Å². The first-order valence-corrected chi connectivity index (χ1v) is 11.0. The molecule has 0 saturated heterocycles. The Labute approximate surface area is 193 Å². The molecule has 0 unspecified atom stereocenters. The molecule has 0 spiro atoms. The Morgan fingerprint density at radius 3 is 2.39 bits per heavy atom. The summed E-state index contributed by atoms with van der Waals surface area (Å²) in [5, 5.41) is 11.4. The number of Topliss-reactive ketones (excluding diaryl/α,β-unsaturated/α-hetero) is 1. The first-order chi connectivity index (χ1) is 16.1. The fourth-order valence-corrected chi connectivity index (χ4v) is 3.65. The van der Waals surface area contributed by atoms with Crippen molar-refractivity contribution in [3.05, 3.63) is 60.6 Å². The van der Waals surface area contributed by atoms with Crippen LogP contribution < -0.4 is 10.1 Å². The number of hydrogen-bond donors (Lipinski definition) is 1. The maximum Gasteiger partial charge on any atom is 0.224 e. The van der Waals surface area contributed by atoms with Crippen LogP contribution in [0.15, 0.2) is 69.0 Å². The summed E-state index contributed by atoms with van der Waals surface area (Å²) in [6, 6.07) is 11.9. The summed E-state index contributed by atoms with van der Waals surface area (Å²) >= 11 is 1.15. The molecule has 9 nitrogen and oxygen atoms in total. The summed E-state index contributed by atoms with van der Waals surface area (Å²) in [7, 11) is 1.50.